The first-order chi connectivity index (χ1) is 12.3. The first kappa shape index (κ1) is 20.7. The minimum absolute atomic E-state index is 0.108. The number of imidazole rings is 1. The van der Waals surface area contributed by atoms with Crippen molar-refractivity contribution >= 4 is 41.1 Å². The Balaban J connectivity index is 2.32. The monoisotopic (exact) mass is 402 g/mol. The van der Waals surface area contributed by atoms with E-state index in [1.165, 1.54) is 36.5 Å². The van der Waals surface area contributed by atoms with Crippen LogP contribution in [0.5, 0.6) is 0 Å². The first-order valence-electron chi connectivity index (χ1n) is 8.14. The van der Waals surface area contributed by atoms with Gasteiger partial charge in [0.15, 0.2) is 18.3 Å². The number of esters is 2. The van der Waals surface area contributed by atoms with Gasteiger partial charge in [0.25, 0.3) is 5.17 Å². The van der Waals surface area contributed by atoms with E-state index in [9.17, 15) is 9.59 Å². The van der Waals surface area contributed by atoms with E-state index >= 15 is 0 Å². The van der Waals surface area contributed by atoms with Gasteiger partial charge in [-0.2, -0.15) is 0 Å². The molecule has 144 valence electrons. The number of ether oxygens (including phenoxy) is 4. The Labute approximate surface area is 161 Å². The number of carbonyl (C=O) groups is 2. The van der Waals surface area contributed by atoms with E-state index in [-0.39, 0.29) is 5.17 Å². The van der Waals surface area contributed by atoms with Gasteiger partial charge in [0.05, 0.1) is 6.10 Å². The van der Waals surface area contributed by atoms with Gasteiger partial charge in [-0.1, -0.05) is 6.92 Å². The fourth-order valence-corrected chi connectivity index (χ4v) is 3.82. The molecule has 0 bridgehead atoms. The van der Waals surface area contributed by atoms with Crippen LogP contribution in [0, 0.1) is 0 Å². The third kappa shape index (κ3) is 5.18. The zero-order valence-electron chi connectivity index (χ0n) is 15.0. The minimum Gasteiger partial charge on any atom is -0.459 e. The fraction of sp³-hybridized carbons (Fsp3) is 0.625. The van der Waals surface area contributed by atoms with E-state index in [1.807, 2.05) is 6.92 Å². The summed E-state index contributed by atoms with van der Waals surface area (Å²) in [6.07, 6.45) is 1.82. The topological polar surface area (TPSA) is 88.9 Å². The predicted molar refractivity (Wildman–Crippen MR) is 98.7 cm³/mol. The van der Waals surface area contributed by atoms with Crippen molar-refractivity contribution in [1.29, 1.82) is 0 Å². The van der Waals surface area contributed by atoms with Crippen LogP contribution in [0.2, 0.25) is 0 Å². The van der Waals surface area contributed by atoms with Crippen LogP contribution in [0.15, 0.2) is 18.7 Å². The van der Waals surface area contributed by atoms with E-state index in [2.05, 4.69) is 4.98 Å². The van der Waals surface area contributed by atoms with Crippen molar-refractivity contribution in [3.8, 4) is 0 Å². The zero-order chi connectivity index (χ0) is 19.3. The van der Waals surface area contributed by atoms with Gasteiger partial charge in [0.2, 0.25) is 0 Å². The van der Waals surface area contributed by atoms with Crippen molar-refractivity contribution in [3.63, 3.8) is 0 Å². The molecule has 0 amide bonds. The average Bonchev–Trinajstić information content (AvgIpc) is 3.08. The fourth-order valence-electron chi connectivity index (χ4n) is 2.62. The zero-order valence-corrected chi connectivity index (χ0v) is 16.6. The van der Waals surface area contributed by atoms with Gasteiger partial charge in [-0.25, -0.2) is 4.98 Å². The van der Waals surface area contributed by atoms with E-state index in [4.69, 9.17) is 31.2 Å². The lowest BCUT2D eigenvalue weighted by molar-refractivity contribution is -0.216. The molecule has 0 saturated carbocycles. The number of rotatable bonds is 5. The van der Waals surface area contributed by atoms with Gasteiger partial charge in [0, 0.05) is 26.2 Å². The van der Waals surface area contributed by atoms with E-state index in [0.717, 1.165) is 5.75 Å². The molecule has 1 fully saturated rings. The van der Waals surface area contributed by atoms with Gasteiger partial charge >= 0.3 is 11.9 Å². The molecule has 1 aromatic rings. The highest BCUT2D eigenvalue weighted by Gasteiger charge is 2.50. The predicted octanol–water partition coefficient (Wildman–Crippen LogP) is 1.76. The quantitative estimate of drug-likeness (QED) is 0.540. The lowest BCUT2D eigenvalue weighted by atomic mass is 10.00. The number of aromatic nitrogens is 2. The number of hydrogen-bond acceptors (Lipinski definition) is 9. The summed E-state index contributed by atoms with van der Waals surface area (Å²) in [5.41, 5.74) is -0.471. The summed E-state index contributed by atoms with van der Waals surface area (Å²) in [6, 6.07) is 0. The van der Waals surface area contributed by atoms with Crippen molar-refractivity contribution in [1.82, 2.24) is 9.55 Å². The highest BCUT2D eigenvalue weighted by molar-refractivity contribution is 7.99. The number of carbonyl (C=O) groups excluding carboxylic acids is 2. The molecular formula is C16H22N2O6S2. The van der Waals surface area contributed by atoms with Crippen LogP contribution >= 0.6 is 24.0 Å². The molecule has 1 aliphatic heterocycles. The summed E-state index contributed by atoms with van der Waals surface area (Å²) >= 11 is 6.78. The second-order valence-corrected chi connectivity index (χ2v) is 7.36. The smallest absolute Gasteiger partial charge is 0.303 e. The second kappa shape index (κ2) is 9.33. The maximum Gasteiger partial charge on any atom is 0.303 e. The number of thiocarbonyl (C=S) groups is 1. The lowest BCUT2D eigenvalue weighted by Crippen LogP contribution is -2.60. The Morgan fingerprint density at radius 1 is 1.19 bits per heavy atom. The molecule has 5 atom stereocenters. The van der Waals surface area contributed by atoms with E-state index in [0.29, 0.717) is 0 Å². The third-order valence-corrected chi connectivity index (χ3v) is 4.96. The van der Waals surface area contributed by atoms with Gasteiger partial charge in [-0.3, -0.25) is 14.2 Å². The molecule has 0 radical (unpaired) electrons. The van der Waals surface area contributed by atoms with Gasteiger partial charge in [-0.15, -0.1) is 11.8 Å². The van der Waals surface area contributed by atoms with Crippen LogP contribution in [-0.4, -0.2) is 62.3 Å². The summed E-state index contributed by atoms with van der Waals surface area (Å²) in [5.74, 6) is -0.235. The molecule has 0 aromatic carbocycles. The average molecular weight is 402 g/mol. The molecule has 8 nitrogen and oxygen atoms in total. The molecule has 1 aromatic heterocycles. The van der Waals surface area contributed by atoms with Crippen molar-refractivity contribution in [2.24, 2.45) is 0 Å². The normalized spacial score (nSPS) is 28.2. The Hall–Kier alpha value is -1.65. The summed E-state index contributed by atoms with van der Waals surface area (Å²) in [6.45, 7) is 6.34. The van der Waals surface area contributed by atoms with Crippen LogP contribution in [0.1, 0.15) is 27.7 Å². The highest BCUT2D eigenvalue weighted by atomic mass is 32.2. The maximum absolute atomic E-state index is 11.6. The minimum atomic E-state index is -0.814. The Bertz CT molecular complexity index is 639. The van der Waals surface area contributed by atoms with Gasteiger partial charge in [0.1, 0.15) is 11.8 Å². The molecule has 26 heavy (non-hydrogen) atoms. The van der Waals surface area contributed by atoms with Crippen molar-refractivity contribution in [2.75, 3.05) is 5.75 Å². The Morgan fingerprint density at radius 2 is 1.85 bits per heavy atom. The highest BCUT2D eigenvalue weighted by Crippen LogP contribution is 2.33. The summed E-state index contributed by atoms with van der Waals surface area (Å²) in [7, 11) is 0. The molecule has 10 heteroatoms. The largest absolute Gasteiger partial charge is 0.459 e. The molecular weight excluding hydrogens is 380 g/mol. The van der Waals surface area contributed by atoms with Crippen LogP contribution in [-0.2, 0) is 28.5 Å². The van der Waals surface area contributed by atoms with Crippen molar-refractivity contribution < 1.29 is 28.5 Å². The van der Waals surface area contributed by atoms with Crippen LogP contribution in [0.4, 0.5) is 0 Å². The van der Waals surface area contributed by atoms with E-state index < -0.39 is 41.8 Å². The van der Waals surface area contributed by atoms with Crippen LogP contribution in [0.3, 0.4) is 0 Å². The number of hydrogen-bond donors (Lipinski definition) is 0. The molecule has 0 unspecified atom stereocenters. The number of nitrogens with zero attached hydrogens (tertiary/aromatic N) is 2. The molecule has 2 rings (SSSR count). The van der Waals surface area contributed by atoms with Crippen molar-refractivity contribution in [2.45, 2.75) is 57.5 Å². The molecule has 1 aliphatic rings. The van der Waals surface area contributed by atoms with Crippen LogP contribution in [0.25, 0.3) is 0 Å². The second-order valence-electron chi connectivity index (χ2n) is 5.63. The Kier molecular flexibility index (Phi) is 7.42. The summed E-state index contributed by atoms with van der Waals surface area (Å²) < 4.78 is 24.2. The molecule has 2 heterocycles. The first-order valence-corrected chi connectivity index (χ1v) is 9.59. The molecule has 0 spiro atoms. The van der Waals surface area contributed by atoms with Crippen molar-refractivity contribution in [3.05, 3.63) is 18.7 Å². The molecule has 1 saturated heterocycles. The molecule has 0 N–H and O–H groups in total. The summed E-state index contributed by atoms with van der Waals surface area (Å²) in [5, 5.41) is 0.108. The van der Waals surface area contributed by atoms with Gasteiger partial charge < -0.3 is 18.9 Å². The molecule has 0 aliphatic carbocycles. The van der Waals surface area contributed by atoms with E-state index in [1.54, 1.807) is 19.3 Å². The standard InChI is InChI=1S/C16H22N2O6S2/c1-5-26-15-14(23-11(4)20)13(12(9(2)21-15)22-10(3)19)24-16(25)18-7-6-17-8-18/h6-9,12-15H,5H2,1-4H3/t9-,12+,13+,14-,15+/m0/s1. The summed E-state index contributed by atoms with van der Waals surface area (Å²) in [4.78, 5) is 27.1. The lowest BCUT2D eigenvalue weighted by Gasteiger charge is -2.43. The SMILES string of the molecule is CCS[C@H]1O[C@@H](C)[C@@H](OC(C)=O)[C@@H](OC(=S)n2ccnc2)[C@@H]1OC(C)=O. The van der Waals surface area contributed by atoms with Crippen LogP contribution < -0.4 is 0 Å². The third-order valence-electron chi connectivity index (χ3n) is 3.61. The number of thioether (sulfide) groups is 1. The van der Waals surface area contributed by atoms with Gasteiger partial charge in [-0.05, 0) is 24.9 Å². The maximum atomic E-state index is 11.6. The Morgan fingerprint density at radius 3 is 2.38 bits per heavy atom.